The van der Waals surface area contributed by atoms with Crippen molar-refractivity contribution in [2.45, 2.75) is 52.7 Å². The van der Waals surface area contributed by atoms with Crippen molar-refractivity contribution in [2.24, 2.45) is 5.92 Å². The smallest absolute Gasteiger partial charge is 0.0596 e. The SMILES string of the molecule is CC(C)NCC1CCN(CCOC(C)C)CC1. The molecule has 0 radical (unpaired) electrons. The fourth-order valence-corrected chi connectivity index (χ4v) is 2.23. The molecule has 1 saturated heterocycles. The van der Waals surface area contributed by atoms with Gasteiger partial charge in [0.2, 0.25) is 0 Å². The van der Waals surface area contributed by atoms with Crippen LogP contribution < -0.4 is 5.32 Å². The van der Waals surface area contributed by atoms with Crippen molar-refractivity contribution in [2.75, 3.05) is 32.8 Å². The van der Waals surface area contributed by atoms with Gasteiger partial charge in [0.05, 0.1) is 12.7 Å². The first-order valence-electron chi connectivity index (χ1n) is 7.15. The summed E-state index contributed by atoms with van der Waals surface area (Å²) in [7, 11) is 0. The minimum absolute atomic E-state index is 0.364. The van der Waals surface area contributed by atoms with E-state index in [1.54, 1.807) is 0 Å². The fourth-order valence-electron chi connectivity index (χ4n) is 2.23. The number of likely N-dealkylation sites (tertiary alicyclic amines) is 1. The van der Waals surface area contributed by atoms with Gasteiger partial charge < -0.3 is 15.0 Å². The lowest BCUT2D eigenvalue weighted by Gasteiger charge is -2.32. The second-order valence-corrected chi connectivity index (χ2v) is 5.77. The Kier molecular flexibility index (Phi) is 7.09. The molecule has 1 heterocycles. The van der Waals surface area contributed by atoms with Gasteiger partial charge in [-0.15, -0.1) is 0 Å². The maximum absolute atomic E-state index is 5.60. The van der Waals surface area contributed by atoms with E-state index < -0.39 is 0 Å². The van der Waals surface area contributed by atoms with Gasteiger partial charge in [0.1, 0.15) is 0 Å². The van der Waals surface area contributed by atoms with E-state index in [9.17, 15) is 0 Å². The van der Waals surface area contributed by atoms with Crippen molar-refractivity contribution in [3.05, 3.63) is 0 Å². The lowest BCUT2D eigenvalue weighted by molar-refractivity contribution is 0.0507. The van der Waals surface area contributed by atoms with Crippen LogP contribution in [0.5, 0.6) is 0 Å². The average Bonchev–Trinajstić information content (AvgIpc) is 2.27. The molecule has 0 spiro atoms. The van der Waals surface area contributed by atoms with E-state index in [1.165, 1.54) is 32.5 Å². The fraction of sp³-hybridized carbons (Fsp3) is 1.00. The average molecular weight is 242 g/mol. The van der Waals surface area contributed by atoms with Crippen LogP contribution in [0.15, 0.2) is 0 Å². The molecule has 0 amide bonds. The number of ether oxygens (including phenoxy) is 1. The molecule has 0 aromatic carbocycles. The van der Waals surface area contributed by atoms with E-state index >= 15 is 0 Å². The highest BCUT2D eigenvalue weighted by molar-refractivity contribution is 4.74. The molecule has 102 valence electrons. The van der Waals surface area contributed by atoms with Gasteiger partial charge in [0.15, 0.2) is 0 Å². The zero-order chi connectivity index (χ0) is 12.7. The maximum atomic E-state index is 5.60. The van der Waals surface area contributed by atoms with Gasteiger partial charge in [0, 0.05) is 12.6 Å². The van der Waals surface area contributed by atoms with Crippen LogP contribution in [0.2, 0.25) is 0 Å². The number of nitrogens with one attached hydrogen (secondary N) is 1. The van der Waals surface area contributed by atoms with Crippen LogP contribution in [-0.2, 0) is 4.74 Å². The van der Waals surface area contributed by atoms with Crippen LogP contribution in [0.4, 0.5) is 0 Å². The molecule has 0 unspecified atom stereocenters. The van der Waals surface area contributed by atoms with E-state index in [-0.39, 0.29) is 0 Å². The monoisotopic (exact) mass is 242 g/mol. The first-order chi connectivity index (χ1) is 8.08. The summed E-state index contributed by atoms with van der Waals surface area (Å²) in [5, 5.41) is 3.54. The summed E-state index contributed by atoms with van der Waals surface area (Å²) in [4.78, 5) is 2.54. The molecule has 0 atom stereocenters. The van der Waals surface area contributed by atoms with Crippen LogP contribution in [-0.4, -0.2) is 49.8 Å². The third kappa shape index (κ3) is 7.02. The molecular formula is C14H30N2O. The molecule has 3 nitrogen and oxygen atoms in total. The van der Waals surface area contributed by atoms with Crippen molar-refractivity contribution < 1.29 is 4.74 Å². The summed E-state index contributed by atoms with van der Waals surface area (Å²) in [5.41, 5.74) is 0. The van der Waals surface area contributed by atoms with Gasteiger partial charge in [-0.3, -0.25) is 0 Å². The molecule has 1 aliphatic rings. The Balaban J connectivity index is 2.05. The third-order valence-electron chi connectivity index (χ3n) is 3.38. The number of nitrogens with zero attached hydrogens (tertiary/aromatic N) is 1. The summed E-state index contributed by atoms with van der Waals surface area (Å²) >= 11 is 0. The summed E-state index contributed by atoms with van der Waals surface area (Å²) in [6.07, 6.45) is 3.03. The molecule has 1 rings (SSSR count). The third-order valence-corrected chi connectivity index (χ3v) is 3.38. The van der Waals surface area contributed by atoms with Gasteiger partial charge in [-0.05, 0) is 52.2 Å². The summed E-state index contributed by atoms with van der Waals surface area (Å²) in [5.74, 6) is 0.875. The topological polar surface area (TPSA) is 24.5 Å². The lowest BCUT2D eigenvalue weighted by Crippen LogP contribution is -2.40. The first-order valence-corrected chi connectivity index (χ1v) is 7.15. The maximum Gasteiger partial charge on any atom is 0.0596 e. The second kappa shape index (κ2) is 8.06. The number of hydrogen-bond acceptors (Lipinski definition) is 3. The second-order valence-electron chi connectivity index (χ2n) is 5.77. The molecule has 0 aromatic heterocycles. The Labute approximate surface area is 107 Å². The van der Waals surface area contributed by atoms with E-state index in [0.717, 1.165) is 19.1 Å². The largest absolute Gasteiger partial charge is 0.377 e. The van der Waals surface area contributed by atoms with Gasteiger partial charge in [-0.1, -0.05) is 13.8 Å². The first kappa shape index (κ1) is 14.9. The van der Waals surface area contributed by atoms with Gasteiger partial charge in [0.25, 0.3) is 0 Å². The van der Waals surface area contributed by atoms with Crippen molar-refractivity contribution >= 4 is 0 Å². The van der Waals surface area contributed by atoms with Crippen LogP contribution >= 0.6 is 0 Å². The van der Waals surface area contributed by atoms with Gasteiger partial charge in [-0.25, -0.2) is 0 Å². The van der Waals surface area contributed by atoms with Crippen LogP contribution in [0, 0.1) is 5.92 Å². The normalized spacial score (nSPS) is 19.4. The lowest BCUT2D eigenvalue weighted by atomic mass is 9.96. The number of piperidine rings is 1. The van der Waals surface area contributed by atoms with Crippen molar-refractivity contribution in [1.29, 1.82) is 0 Å². The Morgan fingerprint density at radius 2 is 1.82 bits per heavy atom. The standard InChI is InChI=1S/C14H30N2O/c1-12(2)15-11-14-5-7-16(8-6-14)9-10-17-13(3)4/h12-15H,5-11H2,1-4H3. The zero-order valence-electron chi connectivity index (χ0n) is 12.0. The zero-order valence-corrected chi connectivity index (χ0v) is 12.0. The molecule has 0 aromatic rings. The summed E-state index contributed by atoms with van der Waals surface area (Å²) in [6, 6.07) is 0.618. The quantitative estimate of drug-likeness (QED) is 0.740. The Bertz CT molecular complexity index is 187. The molecule has 17 heavy (non-hydrogen) atoms. The number of hydrogen-bond donors (Lipinski definition) is 1. The summed E-state index contributed by atoms with van der Waals surface area (Å²) in [6.45, 7) is 14.3. The van der Waals surface area contributed by atoms with Crippen molar-refractivity contribution in [3.8, 4) is 0 Å². The molecule has 0 aliphatic carbocycles. The van der Waals surface area contributed by atoms with E-state index in [2.05, 4.69) is 37.9 Å². The van der Waals surface area contributed by atoms with Crippen LogP contribution in [0.1, 0.15) is 40.5 Å². The van der Waals surface area contributed by atoms with E-state index in [0.29, 0.717) is 12.1 Å². The highest BCUT2D eigenvalue weighted by Gasteiger charge is 2.18. The molecular weight excluding hydrogens is 212 g/mol. The van der Waals surface area contributed by atoms with E-state index in [1.807, 2.05) is 0 Å². The minimum atomic E-state index is 0.364. The molecule has 1 fully saturated rings. The van der Waals surface area contributed by atoms with Crippen molar-refractivity contribution in [1.82, 2.24) is 10.2 Å². The summed E-state index contributed by atoms with van der Waals surface area (Å²) < 4.78 is 5.60. The molecule has 1 aliphatic heterocycles. The number of rotatable bonds is 7. The van der Waals surface area contributed by atoms with Gasteiger partial charge in [-0.2, -0.15) is 0 Å². The molecule has 0 bridgehead atoms. The predicted octanol–water partition coefficient (Wildman–Crippen LogP) is 2.12. The van der Waals surface area contributed by atoms with Crippen LogP contribution in [0.25, 0.3) is 0 Å². The Morgan fingerprint density at radius 3 is 2.35 bits per heavy atom. The molecule has 1 N–H and O–H groups in total. The van der Waals surface area contributed by atoms with E-state index in [4.69, 9.17) is 4.74 Å². The molecule has 0 saturated carbocycles. The van der Waals surface area contributed by atoms with Crippen molar-refractivity contribution in [3.63, 3.8) is 0 Å². The van der Waals surface area contributed by atoms with Crippen LogP contribution in [0.3, 0.4) is 0 Å². The van der Waals surface area contributed by atoms with Gasteiger partial charge >= 0.3 is 0 Å². The highest BCUT2D eigenvalue weighted by atomic mass is 16.5. The highest BCUT2D eigenvalue weighted by Crippen LogP contribution is 2.16. The minimum Gasteiger partial charge on any atom is -0.377 e. The predicted molar refractivity (Wildman–Crippen MR) is 73.4 cm³/mol. The Morgan fingerprint density at radius 1 is 1.18 bits per heavy atom. The Hall–Kier alpha value is -0.120. The molecule has 3 heteroatoms.